The molecule has 34 heteroatoms. The van der Waals surface area contributed by atoms with E-state index in [9.17, 15) is 55.2 Å². The highest BCUT2D eigenvalue weighted by atomic mass is 35.5. The molecule has 0 spiro atoms. The average molecular weight is 1580 g/mol. The van der Waals surface area contributed by atoms with Gasteiger partial charge < -0.3 is 118 Å². The number of likely N-dealkylation sites (N-methyl/N-ethyl adjacent to an activating group) is 1. The Hall–Kier alpha value is -10.9. The number of phenolic OH excluding ortho intramolecular Hbond substituents is 3. The Balaban J connectivity index is 0.995. The summed E-state index contributed by atoms with van der Waals surface area (Å²) in [5.41, 5.74) is 4.43. The first kappa shape index (κ1) is 80.2. The van der Waals surface area contributed by atoms with E-state index in [0.29, 0.717) is 24.2 Å². The summed E-state index contributed by atoms with van der Waals surface area (Å²) in [4.78, 5) is 137. The van der Waals surface area contributed by atoms with E-state index in [1.165, 1.54) is 56.4 Å². The molecule has 6 heterocycles. The molecule has 113 heavy (non-hydrogen) atoms. The minimum Gasteiger partial charge on any atom is -0.508 e. The van der Waals surface area contributed by atoms with Crippen LogP contribution in [-0.2, 0) is 43.1 Å². The molecular formula is C79H90ClN11O22. The van der Waals surface area contributed by atoms with E-state index < -0.39 is 192 Å². The zero-order valence-electron chi connectivity index (χ0n) is 62.0. The number of carbonyl (C=O) groups is 9. The second kappa shape index (κ2) is 33.4. The number of amides is 10. The summed E-state index contributed by atoms with van der Waals surface area (Å²) in [7, 11) is 1.49. The first-order valence-electron chi connectivity index (χ1n) is 37.3. The van der Waals surface area contributed by atoms with Gasteiger partial charge in [-0.1, -0.05) is 43.6 Å². The second-order valence-electron chi connectivity index (χ2n) is 30.2. The van der Waals surface area contributed by atoms with Gasteiger partial charge in [0.25, 0.3) is 0 Å². The Morgan fingerprint density at radius 1 is 0.646 bits per heavy atom. The predicted molar refractivity (Wildman–Crippen MR) is 401 cm³/mol. The Morgan fingerprint density at radius 3 is 1.93 bits per heavy atom. The van der Waals surface area contributed by atoms with E-state index >= 15 is 28.8 Å². The highest BCUT2D eigenvalue weighted by molar-refractivity contribution is 6.32. The van der Waals surface area contributed by atoms with Crippen molar-refractivity contribution in [2.45, 2.75) is 164 Å². The Labute approximate surface area is 652 Å². The Kier molecular flexibility index (Phi) is 23.7. The van der Waals surface area contributed by atoms with Gasteiger partial charge in [0.15, 0.2) is 11.5 Å². The van der Waals surface area contributed by atoms with Crippen LogP contribution in [0.2, 0.25) is 5.02 Å². The number of benzene rings is 6. The van der Waals surface area contributed by atoms with Crippen molar-refractivity contribution in [3.8, 4) is 62.9 Å². The number of imide groups is 1. The number of fused-ring (bicyclic) bond motifs is 15. The van der Waals surface area contributed by atoms with Gasteiger partial charge in [-0.3, -0.25) is 43.7 Å². The molecule has 10 aliphatic rings. The third kappa shape index (κ3) is 17.1. The van der Waals surface area contributed by atoms with Crippen molar-refractivity contribution in [1.82, 2.24) is 47.9 Å². The van der Waals surface area contributed by atoms with E-state index in [0.717, 1.165) is 80.6 Å². The first-order valence-corrected chi connectivity index (χ1v) is 37.7. The number of aliphatic hydroxyl groups is 5. The monoisotopic (exact) mass is 1580 g/mol. The van der Waals surface area contributed by atoms with Crippen molar-refractivity contribution >= 4 is 70.6 Å². The fourth-order valence-corrected chi connectivity index (χ4v) is 16.7. The topological polar surface area (TPSA) is 508 Å². The number of halogens is 1. The molecule has 4 saturated carbocycles. The zero-order valence-corrected chi connectivity index (χ0v) is 62.7. The van der Waals surface area contributed by atoms with Gasteiger partial charge in [-0.05, 0) is 201 Å². The van der Waals surface area contributed by atoms with Gasteiger partial charge in [0.1, 0.15) is 107 Å². The number of aliphatic hydroxyl groups excluding tert-OH is 5. The fourth-order valence-electron chi connectivity index (χ4n) is 16.5. The van der Waals surface area contributed by atoms with Crippen LogP contribution in [0.3, 0.4) is 0 Å². The number of aromatic hydroxyl groups is 3. The van der Waals surface area contributed by atoms with Crippen molar-refractivity contribution in [2.24, 2.45) is 35.3 Å². The number of rotatable bonds is 15. The molecule has 6 aliphatic heterocycles. The summed E-state index contributed by atoms with van der Waals surface area (Å²) < 4.78 is 31.3. The van der Waals surface area contributed by atoms with Gasteiger partial charge in [-0.2, -0.15) is 0 Å². The Morgan fingerprint density at radius 2 is 1.28 bits per heavy atom. The zero-order chi connectivity index (χ0) is 80.7. The van der Waals surface area contributed by atoms with Crippen LogP contribution in [0.15, 0.2) is 103 Å². The highest BCUT2D eigenvalue weighted by Gasteiger charge is 2.51. The summed E-state index contributed by atoms with van der Waals surface area (Å²) in [6.45, 7) is 6.83. The lowest BCUT2D eigenvalue weighted by molar-refractivity contribution is -0.270. The molecular weight excluding hydrogens is 1490 g/mol. The Bertz CT molecular complexity index is 4670. The van der Waals surface area contributed by atoms with Crippen LogP contribution in [0.25, 0.3) is 11.1 Å². The molecule has 16 rings (SSSR count). The molecule has 14 atom stereocenters. The molecule has 4 aliphatic carbocycles. The number of ether oxygens (including phenoxy) is 5. The maximum absolute atomic E-state index is 16.4. The van der Waals surface area contributed by atoms with Crippen molar-refractivity contribution in [1.29, 1.82) is 0 Å². The molecule has 6 aromatic carbocycles. The number of aryl methyl sites for hydroxylation is 1. The molecule has 1 saturated heterocycles. The lowest BCUT2D eigenvalue weighted by Gasteiger charge is -2.54. The SMILES string of the molecule is CCOc1ccc(NC(=O)NC(=O)C[C@@H]2NC(=O)[C@H](NC(=O)[C@@H](CC(C)C)NC)[C@H](O)c3ccc(c(C)c3)Oc3cc4cc(c3O[C@@H]3O[C@H](CN)[C@@H](O)[C@H](O)[C@H]3O)Oc3ccc(cc3Cl)[C@@H](O)[C@@H]3NC(=O)[C@H](NC(=O)C4NC2=O)c2ccc(O)c(c2)-c2c(O)cc(O)cc2[C@@H](C(=O)NC2C4CC5CC(C4)CC2C5)NC3=O)cc1. The van der Waals surface area contributed by atoms with Gasteiger partial charge in [-0.25, -0.2) is 4.79 Å². The number of nitrogens with one attached hydrogen (secondary N) is 10. The second-order valence-corrected chi connectivity index (χ2v) is 30.6. The first-order chi connectivity index (χ1) is 53.9. The van der Waals surface area contributed by atoms with E-state index in [1.807, 2.05) is 13.8 Å². The van der Waals surface area contributed by atoms with Gasteiger partial charge >= 0.3 is 6.03 Å². The van der Waals surface area contributed by atoms with Crippen molar-refractivity contribution in [3.05, 3.63) is 142 Å². The number of hydrogen-bond acceptors (Lipinski definition) is 24. The molecule has 5 fully saturated rings. The highest BCUT2D eigenvalue weighted by Crippen LogP contribution is 2.55. The lowest BCUT2D eigenvalue weighted by atomic mass is 9.54. The summed E-state index contributed by atoms with van der Waals surface area (Å²) in [6, 6.07) is 5.80. The molecule has 6 aromatic rings. The molecule has 0 radical (unpaired) electrons. The molecule has 15 bridgehead atoms. The average Bonchev–Trinajstić information content (AvgIpc) is 0.759. The number of urea groups is 1. The standard InChI is InChI=1S/C79H90ClN11O22/c1-6-109-44-12-10-42(11-13-44)83-79(108)85-57(95)30-49-72(102)87-61-41-26-54(110-52-15-8-37(18-33(52)4)65(96)63(76(106)84-49)90-71(101)48(82-5)17-32(2)3)70(113-78-69(100)68(99)67(98)56(31-81)112-78)55(27-41)111-53-16-9-38(25-47(53)80)66(97)64-77(107)89-62(75(105)86-59-39-20-34-19-35(22-39)23-40(59)21-34)46-28-43(92)29-51(94)58(46)45-24-36(7-14-50(45)93)60(73(103)91-64)88-74(61)104/h7-16,18,24-29,32,34-35,39-40,48-49,56,59-69,78,82,92-94,96-100H,6,17,19-23,30-31,81H2,1-5H3,(H,84,106)(H,86,105)(H,87,102)(H,88,104)(H,89,107)(H,90,101)(H,91,103)(H2,83,85,95,108)/t34?,35?,39?,40?,48-,49+,56-,59?,60-,61?,62+,63-,64+,65-,66-,67-,68+,69-,78+/m1/s1. The molecule has 10 amide bonds. The number of phenols is 3. The van der Waals surface area contributed by atoms with Gasteiger partial charge in [-0.15, -0.1) is 0 Å². The maximum atomic E-state index is 16.4. The predicted octanol–water partition coefficient (Wildman–Crippen LogP) is 3.61. The minimum atomic E-state index is -2.34. The third-order valence-corrected chi connectivity index (χ3v) is 22.2. The summed E-state index contributed by atoms with van der Waals surface area (Å²) >= 11 is 7.18. The quantitative estimate of drug-likeness (QED) is 0.0698. The minimum absolute atomic E-state index is 0.0405. The van der Waals surface area contributed by atoms with Crippen LogP contribution in [0.5, 0.6) is 51.7 Å². The third-order valence-electron chi connectivity index (χ3n) is 21.9. The van der Waals surface area contributed by atoms with Crippen LogP contribution in [-0.4, -0.2) is 175 Å². The van der Waals surface area contributed by atoms with Crippen LogP contribution < -0.4 is 77.8 Å². The summed E-state index contributed by atoms with van der Waals surface area (Å²) in [5, 5.41) is 120. The van der Waals surface area contributed by atoms with Crippen LogP contribution in [0.1, 0.15) is 129 Å². The number of carbonyl (C=O) groups excluding carboxylic acids is 9. The van der Waals surface area contributed by atoms with Crippen molar-refractivity contribution in [2.75, 3.05) is 25.5 Å². The van der Waals surface area contributed by atoms with Gasteiger partial charge in [0, 0.05) is 35.5 Å². The van der Waals surface area contributed by atoms with Crippen molar-refractivity contribution < 1.29 is 108 Å². The van der Waals surface area contributed by atoms with Gasteiger partial charge in [0.05, 0.1) is 24.1 Å². The van der Waals surface area contributed by atoms with Crippen LogP contribution >= 0.6 is 11.6 Å². The molecule has 1 unspecified atom stereocenters. The smallest absolute Gasteiger partial charge is 0.325 e. The van der Waals surface area contributed by atoms with E-state index in [-0.39, 0.29) is 91.4 Å². The van der Waals surface area contributed by atoms with E-state index in [2.05, 4.69) is 53.2 Å². The van der Waals surface area contributed by atoms with Crippen molar-refractivity contribution in [3.63, 3.8) is 0 Å². The van der Waals surface area contributed by atoms with Crippen LogP contribution in [0, 0.1) is 36.5 Å². The summed E-state index contributed by atoms with van der Waals surface area (Å²) in [6.07, 6.45) is -9.92. The number of hydrogen-bond donors (Lipinski definition) is 19. The molecule has 600 valence electrons. The lowest BCUT2D eigenvalue weighted by Crippen LogP contribution is -2.60. The summed E-state index contributed by atoms with van der Waals surface area (Å²) in [5.74, 6) is -12.2. The largest absolute Gasteiger partial charge is 0.508 e. The normalized spacial score (nSPS) is 28.1. The van der Waals surface area contributed by atoms with Gasteiger partial charge in [0.2, 0.25) is 59.3 Å². The molecule has 0 aromatic heterocycles. The number of anilines is 1. The number of nitrogens with two attached hydrogens (primary N) is 1. The fraction of sp³-hybridized carbons (Fsp3) is 0.430. The van der Waals surface area contributed by atoms with E-state index in [4.69, 9.17) is 41.0 Å². The molecule has 20 N–H and O–H groups in total. The van der Waals surface area contributed by atoms with Crippen LogP contribution in [0.4, 0.5) is 10.5 Å². The van der Waals surface area contributed by atoms with E-state index in [1.54, 1.807) is 19.1 Å². The molecule has 33 nitrogen and oxygen atoms in total. The maximum Gasteiger partial charge on any atom is 0.325 e.